The number of benzene rings is 1. The van der Waals surface area contributed by atoms with Gasteiger partial charge in [-0.05, 0) is 32.3 Å². The summed E-state index contributed by atoms with van der Waals surface area (Å²) in [6, 6.07) is 10.6. The van der Waals surface area contributed by atoms with Gasteiger partial charge in [0.25, 0.3) is 0 Å². The lowest BCUT2D eigenvalue weighted by Gasteiger charge is -2.14. The summed E-state index contributed by atoms with van der Waals surface area (Å²) in [6.45, 7) is 1.83. The summed E-state index contributed by atoms with van der Waals surface area (Å²) in [5.74, 6) is 1.09. The van der Waals surface area contributed by atoms with Crippen LogP contribution < -0.4 is 20.7 Å². The summed E-state index contributed by atoms with van der Waals surface area (Å²) in [4.78, 5) is 25.7. The molecule has 0 spiro atoms. The van der Waals surface area contributed by atoms with Crippen LogP contribution in [-0.2, 0) is 17.9 Å². The van der Waals surface area contributed by atoms with Gasteiger partial charge in [0.2, 0.25) is 5.91 Å². The predicted octanol–water partition coefficient (Wildman–Crippen LogP) is 1.34. The second-order valence-corrected chi connectivity index (χ2v) is 6.15. The highest BCUT2D eigenvalue weighted by molar-refractivity contribution is 5.83. The van der Waals surface area contributed by atoms with Gasteiger partial charge in [-0.1, -0.05) is 18.2 Å². The van der Waals surface area contributed by atoms with E-state index in [1.54, 1.807) is 12.1 Å². The molecule has 0 aliphatic carbocycles. The number of nitrogens with zero attached hydrogens (tertiary/aromatic N) is 1. The molecule has 3 N–H and O–H groups in total. The van der Waals surface area contributed by atoms with E-state index in [9.17, 15) is 9.59 Å². The molecule has 0 saturated heterocycles. The van der Waals surface area contributed by atoms with Crippen molar-refractivity contribution in [3.05, 3.63) is 54.0 Å². The first-order valence-electron chi connectivity index (χ1n) is 8.71. The zero-order valence-corrected chi connectivity index (χ0v) is 15.7. The number of rotatable bonds is 10. The summed E-state index contributed by atoms with van der Waals surface area (Å²) in [5.41, 5.74) is 0.869. The van der Waals surface area contributed by atoms with Crippen LogP contribution in [0, 0.1) is 0 Å². The van der Waals surface area contributed by atoms with E-state index in [2.05, 4.69) is 16.0 Å². The van der Waals surface area contributed by atoms with E-state index in [0.29, 0.717) is 18.9 Å². The van der Waals surface area contributed by atoms with Gasteiger partial charge in [0.15, 0.2) is 0 Å². The maximum absolute atomic E-state index is 11.9. The van der Waals surface area contributed by atoms with Crippen molar-refractivity contribution in [1.82, 2.24) is 20.9 Å². The molecule has 8 heteroatoms. The summed E-state index contributed by atoms with van der Waals surface area (Å²) in [5, 5.41) is 7.90. The Kier molecular flexibility index (Phi) is 8.18. The first kappa shape index (κ1) is 20.3. The SMILES string of the molecule is CN(C)CCOc1ccccc1CNC(=O)NCC(=O)NCc1ccco1. The lowest BCUT2D eigenvalue weighted by atomic mass is 10.2. The van der Waals surface area contributed by atoms with Crippen molar-refractivity contribution in [2.75, 3.05) is 33.8 Å². The quantitative estimate of drug-likeness (QED) is 0.583. The number of ether oxygens (including phenoxy) is 1. The first-order valence-corrected chi connectivity index (χ1v) is 8.71. The molecule has 0 aliphatic heterocycles. The van der Waals surface area contributed by atoms with Crippen LogP contribution >= 0.6 is 0 Å². The van der Waals surface area contributed by atoms with Gasteiger partial charge in [-0.3, -0.25) is 4.79 Å². The van der Waals surface area contributed by atoms with Gasteiger partial charge < -0.3 is 30.0 Å². The highest BCUT2D eigenvalue weighted by atomic mass is 16.5. The monoisotopic (exact) mass is 374 g/mol. The number of hydrogen-bond donors (Lipinski definition) is 3. The van der Waals surface area contributed by atoms with E-state index in [1.165, 1.54) is 6.26 Å². The van der Waals surface area contributed by atoms with Gasteiger partial charge in [-0.2, -0.15) is 0 Å². The third-order valence-electron chi connectivity index (χ3n) is 3.66. The number of para-hydroxylation sites is 1. The Bertz CT molecular complexity index is 716. The Balaban J connectivity index is 1.69. The number of carbonyl (C=O) groups is 2. The standard InChI is InChI=1S/C19H26N4O4/c1-23(2)9-11-27-17-8-4-3-6-15(17)12-21-19(25)22-14-18(24)20-13-16-7-5-10-26-16/h3-8,10H,9,11-14H2,1-2H3,(H,20,24)(H2,21,22,25). The van der Waals surface area contributed by atoms with Gasteiger partial charge >= 0.3 is 6.03 Å². The zero-order chi connectivity index (χ0) is 19.5. The molecule has 146 valence electrons. The number of hydrogen-bond acceptors (Lipinski definition) is 5. The van der Waals surface area contributed by atoms with Crippen LogP contribution in [0.3, 0.4) is 0 Å². The molecule has 8 nitrogen and oxygen atoms in total. The molecule has 0 saturated carbocycles. The van der Waals surface area contributed by atoms with E-state index in [4.69, 9.17) is 9.15 Å². The van der Waals surface area contributed by atoms with Gasteiger partial charge in [0, 0.05) is 18.7 Å². The van der Waals surface area contributed by atoms with Crippen LogP contribution in [0.4, 0.5) is 4.79 Å². The molecule has 0 radical (unpaired) electrons. The lowest BCUT2D eigenvalue weighted by molar-refractivity contribution is -0.120. The number of amides is 3. The minimum absolute atomic E-state index is 0.118. The minimum atomic E-state index is -0.425. The molecule has 0 atom stereocenters. The van der Waals surface area contributed by atoms with Crippen LogP contribution in [0.15, 0.2) is 47.1 Å². The van der Waals surface area contributed by atoms with Gasteiger partial charge in [-0.25, -0.2) is 4.79 Å². The second kappa shape index (κ2) is 10.9. The Labute approximate surface area is 158 Å². The summed E-state index contributed by atoms with van der Waals surface area (Å²) in [7, 11) is 3.96. The van der Waals surface area contributed by atoms with E-state index in [-0.39, 0.29) is 19.0 Å². The summed E-state index contributed by atoms with van der Waals surface area (Å²) >= 11 is 0. The molecular formula is C19H26N4O4. The van der Waals surface area contributed by atoms with Crippen molar-refractivity contribution in [3.63, 3.8) is 0 Å². The first-order chi connectivity index (χ1) is 13.0. The van der Waals surface area contributed by atoms with Crippen LogP contribution in [-0.4, -0.2) is 50.6 Å². The highest BCUT2D eigenvalue weighted by Crippen LogP contribution is 2.17. The van der Waals surface area contributed by atoms with Crippen molar-refractivity contribution in [2.45, 2.75) is 13.1 Å². The zero-order valence-electron chi connectivity index (χ0n) is 15.7. The summed E-state index contributed by atoms with van der Waals surface area (Å²) < 4.78 is 10.9. The maximum atomic E-state index is 11.9. The fourth-order valence-corrected chi connectivity index (χ4v) is 2.19. The third-order valence-corrected chi connectivity index (χ3v) is 3.66. The van der Waals surface area contributed by atoms with Crippen molar-refractivity contribution in [3.8, 4) is 5.75 Å². The Morgan fingerprint density at radius 2 is 1.85 bits per heavy atom. The average Bonchev–Trinajstić information content (AvgIpc) is 3.17. The molecule has 1 aromatic carbocycles. The van der Waals surface area contributed by atoms with Crippen LogP contribution in [0.5, 0.6) is 5.75 Å². The lowest BCUT2D eigenvalue weighted by Crippen LogP contribution is -2.41. The number of carbonyl (C=O) groups excluding carboxylic acids is 2. The normalized spacial score (nSPS) is 10.5. The number of urea groups is 1. The van der Waals surface area contributed by atoms with Gasteiger partial charge in [-0.15, -0.1) is 0 Å². The molecule has 1 aromatic heterocycles. The molecule has 0 fully saturated rings. The number of nitrogens with one attached hydrogen (secondary N) is 3. The van der Waals surface area contributed by atoms with E-state index >= 15 is 0 Å². The molecule has 2 aromatic rings. The molecule has 27 heavy (non-hydrogen) atoms. The van der Waals surface area contributed by atoms with E-state index in [1.807, 2.05) is 43.3 Å². The average molecular weight is 374 g/mol. The fourth-order valence-electron chi connectivity index (χ4n) is 2.19. The van der Waals surface area contributed by atoms with Crippen molar-refractivity contribution >= 4 is 11.9 Å². The third kappa shape index (κ3) is 7.83. The van der Waals surface area contributed by atoms with E-state index < -0.39 is 6.03 Å². The molecule has 3 amide bonds. The molecule has 2 rings (SSSR count). The Hall–Kier alpha value is -3.00. The molecular weight excluding hydrogens is 348 g/mol. The Morgan fingerprint density at radius 1 is 1.04 bits per heavy atom. The highest BCUT2D eigenvalue weighted by Gasteiger charge is 2.08. The van der Waals surface area contributed by atoms with Crippen molar-refractivity contribution in [1.29, 1.82) is 0 Å². The Morgan fingerprint density at radius 3 is 2.59 bits per heavy atom. The number of furan rings is 1. The van der Waals surface area contributed by atoms with Crippen LogP contribution in [0.2, 0.25) is 0 Å². The van der Waals surface area contributed by atoms with Crippen LogP contribution in [0.1, 0.15) is 11.3 Å². The second-order valence-electron chi connectivity index (χ2n) is 6.15. The molecule has 1 heterocycles. The minimum Gasteiger partial charge on any atom is -0.492 e. The number of likely N-dealkylation sites (N-methyl/N-ethyl adjacent to an activating group) is 1. The predicted molar refractivity (Wildman–Crippen MR) is 101 cm³/mol. The topological polar surface area (TPSA) is 95.8 Å². The molecule has 0 unspecified atom stereocenters. The van der Waals surface area contributed by atoms with E-state index in [0.717, 1.165) is 17.9 Å². The maximum Gasteiger partial charge on any atom is 0.315 e. The molecule has 0 bridgehead atoms. The van der Waals surface area contributed by atoms with Gasteiger partial charge in [0.1, 0.15) is 18.1 Å². The van der Waals surface area contributed by atoms with Crippen molar-refractivity contribution in [2.24, 2.45) is 0 Å². The van der Waals surface area contributed by atoms with Gasteiger partial charge in [0.05, 0.1) is 19.4 Å². The smallest absolute Gasteiger partial charge is 0.315 e. The fraction of sp³-hybridized carbons (Fsp3) is 0.368. The largest absolute Gasteiger partial charge is 0.492 e. The van der Waals surface area contributed by atoms with Crippen molar-refractivity contribution < 1.29 is 18.7 Å². The molecule has 0 aliphatic rings. The van der Waals surface area contributed by atoms with Crippen LogP contribution in [0.25, 0.3) is 0 Å². The summed E-state index contributed by atoms with van der Waals surface area (Å²) in [6.07, 6.45) is 1.54.